The van der Waals surface area contributed by atoms with Gasteiger partial charge in [-0.25, -0.2) is 0 Å². The lowest BCUT2D eigenvalue weighted by Gasteiger charge is -2.37. The molecule has 0 aliphatic carbocycles. The molecule has 0 unspecified atom stereocenters. The summed E-state index contributed by atoms with van der Waals surface area (Å²) >= 11 is 0. The first-order chi connectivity index (χ1) is 8.61. The van der Waals surface area contributed by atoms with E-state index in [0.29, 0.717) is 17.4 Å². The van der Waals surface area contributed by atoms with Crippen LogP contribution < -0.4 is 16.4 Å². The van der Waals surface area contributed by atoms with Gasteiger partial charge >= 0.3 is 0 Å². The first-order valence-corrected chi connectivity index (χ1v) is 6.72. The van der Waals surface area contributed by atoms with Gasteiger partial charge in [-0.2, -0.15) is 0 Å². The van der Waals surface area contributed by atoms with Crippen molar-refractivity contribution in [3.05, 3.63) is 18.2 Å². The Morgan fingerprint density at radius 2 is 1.89 bits per heavy atom. The van der Waals surface area contributed by atoms with Crippen molar-refractivity contribution >= 4 is 17.1 Å². The second-order valence-corrected chi connectivity index (χ2v) is 5.09. The minimum atomic E-state index is 0.607. The molecule has 0 aromatic heterocycles. The Balaban J connectivity index is 2.03. The average Bonchev–Trinajstić information content (AvgIpc) is 2.41. The number of rotatable bonds is 3. The molecule has 0 bridgehead atoms. The van der Waals surface area contributed by atoms with E-state index in [1.165, 1.54) is 25.9 Å². The summed E-state index contributed by atoms with van der Waals surface area (Å²) in [6.07, 6.45) is 2.43. The Kier molecular flexibility index (Phi) is 3.97. The molecule has 1 aliphatic rings. The van der Waals surface area contributed by atoms with Crippen molar-refractivity contribution in [1.82, 2.24) is 4.90 Å². The van der Waals surface area contributed by atoms with Gasteiger partial charge in [0.1, 0.15) is 0 Å². The van der Waals surface area contributed by atoms with Gasteiger partial charge in [-0.15, -0.1) is 0 Å². The van der Waals surface area contributed by atoms with Crippen molar-refractivity contribution in [2.45, 2.75) is 25.8 Å². The van der Waals surface area contributed by atoms with Crippen LogP contribution in [-0.4, -0.2) is 37.6 Å². The van der Waals surface area contributed by atoms with Crippen molar-refractivity contribution in [2.24, 2.45) is 0 Å². The van der Waals surface area contributed by atoms with Gasteiger partial charge in [-0.1, -0.05) is 6.92 Å². The van der Waals surface area contributed by atoms with E-state index in [0.717, 1.165) is 12.2 Å². The first kappa shape index (κ1) is 13.0. The Morgan fingerprint density at radius 3 is 2.44 bits per heavy atom. The van der Waals surface area contributed by atoms with Gasteiger partial charge in [0.25, 0.3) is 0 Å². The Morgan fingerprint density at radius 1 is 1.22 bits per heavy atom. The Hall–Kier alpha value is -1.42. The van der Waals surface area contributed by atoms with E-state index >= 15 is 0 Å². The molecule has 1 saturated heterocycles. The number of hydrogen-bond donors (Lipinski definition) is 2. The van der Waals surface area contributed by atoms with Crippen molar-refractivity contribution in [1.29, 1.82) is 0 Å². The predicted molar refractivity (Wildman–Crippen MR) is 78.8 cm³/mol. The fourth-order valence-corrected chi connectivity index (χ4v) is 2.62. The summed E-state index contributed by atoms with van der Waals surface area (Å²) in [6.45, 7) is 5.77. The standard InChI is InChI=1S/C14H24N4/c1-3-18-8-6-11(7-9-18)17(2)12-4-5-13(15)14(16)10-12/h4-5,10-11H,3,6-9,15-16H2,1-2H3. The molecule has 0 spiro atoms. The smallest absolute Gasteiger partial charge is 0.0568 e. The molecule has 1 aromatic carbocycles. The van der Waals surface area contributed by atoms with Crippen molar-refractivity contribution in [2.75, 3.05) is 43.0 Å². The highest BCUT2D eigenvalue weighted by molar-refractivity contribution is 5.69. The van der Waals surface area contributed by atoms with Crippen LogP contribution in [0.1, 0.15) is 19.8 Å². The number of nitrogen functional groups attached to an aromatic ring is 2. The third-order valence-electron chi connectivity index (χ3n) is 4.03. The highest BCUT2D eigenvalue weighted by atomic mass is 15.2. The minimum Gasteiger partial charge on any atom is -0.397 e. The van der Waals surface area contributed by atoms with Gasteiger partial charge in [0, 0.05) is 31.9 Å². The summed E-state index contributed by atoms with van der Waals surface area (Å²) in [5.74, 6) is 0. The van der Waals surface area contributed by atoms with Crippen LogP contribution in [0.15, 0.2) is 18.2 Å². The molecule has 1 fully saturated rings. The Labute approximate surface area is 110 Å². The molecule has 1 aromatic rings. The lowest BCUT2D eigenvalue weighted by atomic mass is 10.0. The summed E-state index contributed by atoms with van der Waals surface area (Å²) in [5, 5.41) is 0. The fraction of sp³-hybridized carbons (Fsp3) is 0.571. The molecule has 1 heterocycles. The predicted octanol–water partition coefficient (Wildman–Crippen LogP) is 1.77. The van der Waals surface area contributed by atoms with Crippen LogP contribution in [0.25, 0.3) is 0 Å². The molecule has 0 saturated carbocycles. The molecule has 0 radical (unpaired) electrons. The topological polar surface area (TPSA) is 58.5 Å². The van der Waals surface area contributed by atoms with Gasteiger partial charge in [-0.3, -0.25) is 0 Å². The van der Waals surface area contributed by atoms with Crippen molar-refractivity contribution in [3.63, 3.8) is 0 Å². The second kappa shape index (κ2) is 5.48. The zero-order valence-corrected chi connectivity index (χ0v) is 11.4. The number of hydrogen-bond acceptors (Lipinski definition) is 4. The molecular formula is C14H24N4. The summed E-state index contributed by atoms with van der Waals surface area (Å²) in [6, 6.07) is 6.53. The number of anilines is 3. The van der Waals surface area contributed by atoms with Crippen LogP contribution in [0.4, 0.5) is 17.1 Å². The maximum absolute atomic E-state index is 5.87. The molecule has 0 amide bonds. The molecule has 18 heavy (non-hydrogen) atoms. The Bertz CT molecular complexity index is 397. The summed E-state index contributed by atoms with van der Waals surface area (Å²) in [5.41, 5.74) is 14.1. The number of nitrogens with zero attached hydrogens (tertiary/aromatic N) is 2. The van der Waals surface area contributed by atoms with Gasteiger partial charge in [0.2, 0.25) is 0 Å². The van der Waals surface area contributed by atoms with E-state index in [-0.39, 0.29) is 0 Å². The second-order valence-electron chi connectivity index (χ2n) is 5.09. The maximum atomic E-state index is 5.87. The van der Waals surface area contributed by atoms with Crippen LogP contribution in [0, 0.1) is 0 Å². The van der Waals surface area contributed by atoms with E-state index in [1.54, 1.807) is 0 Å². The average molecular weight is 248 g/mol. The number of nitrogens with two attached hydrogens (primary N) is 2. The zero-order valence-electron chi connectivity index (χ0n) is 11.4. The van der Waals surface area contributed by atoms with E-state index in [9.17, 15) is 0 Å². The molecule has 4 heteroatoms. The third-order valence-corrected chi connectivity index (χ3v) is 4.03. The van der Waals surface area contributed by atoms with Crippen molar-refractivity contribution < 1.29 is 0 Å². The minimum absolute atomic E-state index is 0.607. The summed E-state index contributed by atoms with van der Waals surface area (Å²) in [7, 11) is 2.15. The molecule has 4 nitrogen and oxygen atoms in total. The lowest BCUT2D eigenvalue weighted by molar-refractivity contribution is 0.221. The zero-order chi connectivity index (χ0) is 13.1. The van der Waals surface area contributed by atoms with Crippen LogP contribution in [0.3, 0.4) is 0 Å². The van der Waals surface area contributed by atoms with Crippen LogP contribution in [-0.2, 0) is 0 Å². The largest absolute Gasteiger partial charge is 0.397 e. The van der Waals surface area contributed by atoms with E-state index in [4.69, 9.17) is 11.5 Å². The van der Waals surface area contributed by atoms with Crippen molar-refractivity contribution in [3.8, 4) is 0 Å². The highest BCUT2D eigenvalue weighted by Crippen LogP contribution is 2.26. The summed E-state index contributed by atoms with van der Waals surface area (Å²) in [4.78, 5) is 4.84. The van der Waals surface area contributed by atoms with Gasteiger partial charge in [0.15, 0.2) is 0 Å². The fourth-order valence-electron chi connectivity index (χ4n) is 2.62. The van der Waals surface area contributed by atoms with Crippen LogP contribution in [0.5, 0.6) is 0 Å². The van der Waals surface area contributed by atoms with E-state index in [1.807, 2.05) is 12.1 Å². The van der Waals surface area contributed by atoms with Gasteiger partial charge in [-0.05, 0) is 37.6 Å². The van der Waals surface area contributed by atoms with Gasteiger partial charge in [0.05, 0.1) is 11.4 Å². The molecule has 100 valence electrons. The third kappa shape index (κ3) is 2.70. The quantitative estimate of drug-likeness (QED) is 0.800. The molecule has 4 N–H and O–H groups in total. The molecule has 1 aliphatic heterocycles. The lowest BCUT2D eigenvalue weighted by Crippen LogP contribution is -2.43. The van der Waals surface area contributed by atoms with Gasteiger partial charge < -0.3 is 21.3 Å². The number of piperidine rings is 1. The summed E-state index contributed by atoms with van der Waals surface area (Å²) < 4.78 is 0. The SMILES string of the molecule is CCN1CCC(N(C)c2ccc(N)c(N)c2)CC1. The number of likely N-dealkylation sites (tertiary alicyclic amines) is 1. The molecule has 2 rings (SSSR count). The normalized spacial score (nSPS) is 17.9. The van der Waals surface area contributed by atoms with E-state index in [2.05, 4.69) is 29.8 Å². The monoisotopic (exact) mass is 248 g/mol. The highest BCUT2D eigenvalue weighted by Gasteiger charge is 2.21. The maximum Gasteiger partial charge on any atom is 0.0568 e. The first-order valence-electron chi connectivity index (χ1n) is 6.72. The number of benzene rings is 1. The molecular weight excluding hydrogens is 224 g/mol. The van der Waals surface area contributed by atoms with E-state index < -0.39 is 0 Å². The van der Waals surface area contributed by atoms with Crippen LogP contribution >= 0.6 is 0 Å². The molecule has 0 atom stereocenters. The van der Waals surface area contributed by atoms with Crippen LogP contribution in [0.2, 0.25) is 0 Å².